The Morgan fingerprint density at radius 3 is 2.61 bits per heavy atom. The van der Waals surface area contributed by atoms with Crippen LogP contribution in [0.5, 0.6) is 0 Å². The predicted molar refractivity (Wildman–Crippen MR) is 95.2 cm³/mol. The highest BCUT2D eigenvalue weighted by atomic mass is 35.5. The van der Waals surface area contributed by atoms with Gasteiger partial charge in [0.1, 0.15) is 6.33 Å². The number of hydrogen-bond donors (Lipinski definition) is 0. The van der Waals surface area contributed by atoms with E-state index in [9.17, 15) is 0 Å². The van der Waals surface area contributed by atoms with Gasteiger partial charge in [-0.1, -0.05) is 65.3 Å². The van der Waals surface area contributed by atoms with Gasteiger partial charge in [-0.25, -0.2) is 0 Å². The first-order valence-corrected chi connectivity index (χ1v) is 8.45. The maximum atomic E-state index is 5.87. The second kappa shape index (κ2) is 7.44. The minimum Gasteiger partial charge on any atom is -0.195 e. The van der Waals surface area contributed by atoms with Gasteiger partial charge in [-0.2, -0.15) is 9.78 Å². The second-order valence-electron chi connectivity index (χ2n) is 5.03. The van der Waals surface area contributed by atoms with Gasteiger partial charge < -0.3 is 0 Å². The maximum Gasteiger partial charge on any atom is 0.212 e. The maximum absolute atomic E-state index is 5.87. The highest BCUT2D eigenvalue weighted by molar-refractivity contribution is 7.98. The number of hydrogen-bond acceptors (Lipinski definition) is 4. The van der Waals surface area contributed by atoms with Gasteiger partial charge >= 0.3 is 0 Å². The summed E-state index contributed by atoms with van der Waals surface area (Å²) in [5, 5.41) is 13.9. The molecule has 0 radical (unpaired) electrons. The Morgan fingerprint density at radius 2 is 1.87 bits per heavy atom. The molecule has 0 aliphatic carbocycles. The van der Waals surface area contributed by atoms with E-state index in [0.717, 1.165) is 16.5 Å². The molecule has 0 unspecified atom stereocenters. The fourth-order valence-corrected chi connectivity index (χ4v) is 2.85. The fraction of sp³-hybridized carbons (Fsp3) is 0.118. The topological polar surface area (TPSA) is 43.1 Å². The van der Waals surface area contributed by atoms with E-state index in [-0.39, 0.29) is 0 Å². The fourth-order valence-electron chi connectivity index (χ4n) is 1.90. The summed E-state index contributed by atoms with van der Waals surface area (Å²) < 4.78 is 1.67. The zero-order valence-electron chi connectivity index (χ0n) is 12.6. The number of rotatable bonds is 5. The van der Waals surface area contributed by atoms with E-state index in [2.05, 4.69) is 46.5 Å². The summed E-state index contributed by atoms with van der Waals surface area (Å²) in [5.41, 5.74) is 3.48. The van der Waals surface area contributed by atoms with Gasteiger partial charge in [0.25, 0.3) is 0 Å². The molecule has 0 fully saturated rings. The lowest BCUT2D eigenvalue weighted by Gasteiger charge is -2.02. The SMILES string of the molecule is Cc1ccc(CSc2nncn2N=Cc2ccc(Cl)cc2)cc1. The molecule has 0 saturated heterocycles. The summed E-state index contributed by atoms with van der Waals surface area (Å²) >= 11 is 7.48. The van der Waals surface area contributed by atoms with Crippen molar-refractivity contribution in [2.24, 2.45) is 5.10 Å². The van der Waals surface area contributed by atoms with E-state index in [1.165, 1.54) is 11.1 Å². The van der Waals surface area contributed by atoms with Gasteiger partial charge in [-0.3, -0.25) is 0 Å². The molecule has 4 nitrogen and oxygen atoms in total. The van der Waals surface area contributed by atoms with Crippen molar-refractivity contribution in [2.75, 3.05) is 0 Å². The first-order chi connectivity index (χ1) is 11.2. The minimum atomic E-state index is 0.709. The van der Waals surface area contributed by atoms with Crippen LogP contribution in [0, 0.1) is 6.92 Å². The Hall–Kier alpha value is -2.11. The van der Waals surface area contributed by atoms with Crippen molar-refractivity contribution < 1.29 is 0 Å². The molecule has 2 aromatic carbocycles. The lowest BCUT2D eigenvalue weighted by molar-refractivity contribution is 0.767. The molecule has 0 bridgehead atoms. The third kappa shape index (κ3) is 4.43. The van der Waals surface area contributed by atoms with Gasteiger partial charge in [0.15, 0.2) is 0 Å². The molecule has 23 heavy (non-hydrogen) atoms. The van der Waals surface area contributed by atoms with Crippen LogP contribution < -0.4 is 0 Å². The molecule has 6 heteroatoms. The van der Waals surface area contributed by atoms with Gasteiger partial charge in [0.05, 0.1) is 6.21 Å². The molecule has 0 atom stereocenters. The average Bonchev–Trinajstić information content (AvgIpc) is 3.01. The summed E-state index contributed by atoms with van der Waals surface area (Å²) in [5.74, 6) is 0.829. The molecule has 0 amide bonds. The van der Waals surface area contributed by atoms with Gasteiger partial charge in [-0.05, 0) is 30.2 Å². The van der Waals surface area contributed by atoms with Crippen LogP contribution in [0.1, 0.15) is 16.7 Å². The zero-order valence-corrected chi connectivity index (χ0v) is 14.1. The molecule has 0 N–H and O–H groups in total. The van der Waals surface area contributed by atoms with E-state index >= 15 is 0 Å². The van der Waals surface area contributed by atoms with Crippen molar-refractivity contribution in [3.8, 4) is 0 Å². The lowest BCUT2D eigenvalue weighted by atomic mass is 10.2. The van der Waals surface area contributed by atoms with Crippen molar-refractivity contribution in [3.05, 3.63) is 76.6 Å². The Kier molecular flexibility index (Phi) is 5.10. The highest BCUT2D eigenvalue weighted by Crippen LogP contribution is 2.20. The van der Waals surface area contributed by atoms with E-state index in [0.29, 0.717) is 5.02 Å². The summed E-state index contributed by atoms with van der Waals surface area (Å²) in [6.07, 6.45) is 3.36. The second-order valence-corrected chi connectivity index (χ2v) is 6.41. The minimum absolute atomic E-state index is 0.709. The van der Waals surface area contributed by atoms with Crippen molar-refractivity contribution >= 4 is 29.6 Å². The number of aromatic nitrogens is 3. The first-order valence-electron chi connectivity index (χ1n) is 7.09. The van der Waals surface area contributed by atoms with Crippen LogP contribution >= 0.6 is 23.4 Å². The zero-order chi connectivity index (χ0) is 16.1. The smallest absolute Gasteiger partial charge is 0.195 e. The van der Waals surface area contributed by atoms with Crippen LogP contribution in [0.15, 0.2) is 65.1 Å². The van der Waals surface area contributed by atoms with Gasteiger partial charge in [0.2, 0.25) is 5.16 Å². The van der Waals surface area contributed by atoms with E-state index in [1.807, 2.05) is 24.3 Å². The molecule has 3 rings (SSSR count). The van der Waals surface area contributed by atoms with Crippen LogP contribution in [0.2, 0.25) is 5.02 Å². The Morgan fingerprint density at radius 1 is 1.13 bits per heavy atom. The van der Waals surface area contributed by atoms with Crippen LogP contribution in [-0.4, -0.2) is 21.1 Å². The van der Waals surface area contributed by atoms with E-state index < -0.39 is 0 Å². The highest BCUT2D eigenvalue weighted by Gasteiger charge is 2.04. The van der Waals surface area contributed by atoms with Crippen molar-refractivity contribution in [2.45, 2.75) is 17.8 Å². The van der Waals surface area contributed by atoms with Crippen LogP contribution in [0.3, 0.4) is 0 Å². The van der Waals surface area contributed by atoms with Crippen LogP contribution in [0.25, 0.3) is 0 Å². The molecular weight excluding hydrogens is 328 g/mol. The number of benzene rings is 2. The summed E-state index contributed by atoms with van der Waals surface area (Å²) in [7, 11) is 0. The monoisotopic (exact) mass is 342 g/mol. The number of aryl methyl sites for hydroxylation is 1. The molecule has 116 valence electrons. The molecule has 3 aromatic rings. The van der Waals surface area contributed by atoms with Crippen molar-refractivity contribution in [1.29, 1.82) is 0 Å². The molecule has 0 saturated carbocycles. The molecule has 0 aliphatic heterocycles. The lowest BCUT2D eigenvalue weighted by Crippen LogP contribution is -1.92. The Balaban J connectivity index is 1.67. The van der Waals surface area contributed by atoms with Crippen LogP contribution in [0.4, 0.5) is 0 Å². The van der Waals surface area contributed by atoms with Crippen molar-refractivity contribution in [3.63, 3.8) is 0 Å². The molecule has 0 spiro atoms. The summed E-state index contributed by atoms with van der Waals surface area (Å²) in [6.45, 7) is 2.08. The summed E-state index contributed by atoms with van der Waals surface area (Å²) in [4.78, 5) is 0. The van der Waals surface area contributed by atoms with Crippen LogP contribution in [-0.2, 0) is 5.75 Å². The molecular formula is C17H15ClN4S. The molecule has 1 heterocycles. The quantitative estimate of drug-likeness (QED) is 0.509. The largest absolute Gasteiger partial charge is 0.212 e. The summed E-state index contributed by atoms with van der Waals surface area (Å²) in [6, 6.07) is 16.0. The number of thioether (sulfide) groups is 1. The third-order valence-electron chi connectivity index (χ3n) is 3.19. The van der Waals surface area contributed by atoms with Crippen molar-refractivity contribution in [1.82, 2.24) is 14.9 Å². The molecule has 0 aliphatic rings. The number of nitrogens with zero attached hydrogens (tertiary/aromatic N) is 4. The Labute approximate surface area is 144 Å². The van der Waals surface area contributed by atoms with E-state index in [4.69, 9.17) is 11.6 Å². The third-order valence-corrected chi connectivity index (χ3v) is 4.45. The van der Waals surface area contributed by atoms with Gasteiger partial charge in [-0.15, -0.1) is 10.2 Å². The molecule has 1 aromatic heterocycles. The standard InChI is InChI=1S/C17H15ClN4S/c1-13-2-4-15(5-3-13)11-23-17-21-19-12-22(17)20-10-14-6-8-16(18)9-7-14/h2-10,12H,11H2,1H3. The average molecular weight is 343 g/mol. The normalized spacial score (nSPS) is 11.2. The Bertz CT molecular complexity index is 794. The number of halogens is 1. The first kappa shape index (κ1) is 15.8. The van der Waals surface area contributed by atoms with Gasteiger partial charge in [0, 0.05) is 10.8 Å². The van der Waals surface area contributed by atoms with E-state index in [1.54, 1.807) is 29.0 Å². The predicted octanol–water partition coefficient (Wildman–Crippen LogP) is 4.41.